The minimum atomic E-state index is -0.762. The average Bonchev–Trinajstić information content (AvgIpc) is 2.38. The molecule has 0 bridgehead atoms. The lowest BCUT2D eigenvalue weighted by atomic mass is 9.97. The van der Waals surface area contributed by atoms with E-state index < -0.39 is 5.60 Å². The summed E-state index contributed by atoms with van der Waals surface area (Å²) in [5.41, 5.74) is -0.310. The molecular formula is C13H16ClNO2S. The van der Waals surface area contributed by atoms with Crippen LogP contribution < -0.4 is 5.32 Å². The Morgan fingerprint density at radius 3 is 2.72 bits per heavy atom. The van der Waals surface area contributed by atoms with Crippen LogP contribution in [0.25, 0.3) is 0 Å². The van der Waals surface area contributed by atoms with E-state index in [9.17, 15) is 9.90 Å². The van der Waals surface area contributed by atoms with Gasteiger partial charge < -0.3 is 10.4 Å². The van der Waals surface area contributed by atoms with E-state index >= 15 is 0 Å². The molecule has 5 heteroatoms. The molecule has 1 amide bonds. The summed E-state index contributed by atoms with van der Waals surface area (Å²) >= 11 is 7.79. The van der Waals surface area contributed by atoms with E-state index in [0.29, 0.717) is 10.6 Å². The van der Waals surface area contributed by atoms with E-state index in [1.807, 2.05) is 11.8 Å². The Bertz CT molecular complexity index is 433. The van der Waals surface area contributed by atoms with Crippen molar-refractivity contribution in [2.24, 2.45) is 0 Å². The molecule has 0 radical (unpaired) electrons. The van der Waals surface area contributed by atoms with E-state index in [0.717, 1.165) is 24.3 Å². The Labute approximate surface area is 116 Å². The van der Waals surface area contributed by atoms with Crippen LogP contribution >= 0.6 is 23.4 Å². The lowest BCUT2D eigenvalue weighted by Gasteiger charge is -2.31. The predicted molar refractivity (Wildman–Crippen MR) is 75.3 cm³/mol. The van der Waals surface area contributed by atoms with Crippen molar-refractivity contribution in [1.29, 1.82) is 0 Å². The van der Waals surface area contributed by atoms with Crippen molar-refractivity contribution in [3.05, 3.63) is 34.9 Å². The van der Waals surface area contributed by atoms with Crippen molar-refractivity contribution in [2.45, 2.75) is 18.4 Å². The van der Waals surface area contributed by atoms with Gasteiger partial charge in [0.2, 0.25) is 0 Å². The molecule has 1 fully saturated rings. The monoisotopic (exact) mass is 285 g/mol. The van der Waals surface area contributed by atoms with E-state index in [1.54, 1.807) is 24.3 Å². The third kappa shape index (κ3) is 3.40. The van der Waals surface area contributed by atoms with Crippen LogP contribution in [0.1, 0.15) is 23.2 Å². The van der Waals surface area contributed by atoms with E-state index in [1.165, 1.54) is 0 Å². The predicted octanol–water partition coefficient (Wildman–Crippen LogP) is 2.33. The topological polar surface area (TPSA) is 49.3 Å². The first-order valence-electron chi connectivity index (χ1n) is 5.94. The highest BCUT2D eigenvalue weighted by molar-refractivity contribution is 7.99. The molecule has 0 saturated carbocycles. The standard InChI is InChI=1S/C13H16ClNO2S/c14-11-4-2-1-3-10(11)12(16)15-9-13(17)5-7-18-8-6-13/h1-4,17H,5-9H2,(H,15,16). The fourth-order valence-electron chi connectivity index (χ4n) is 1.91. The molecule has 98 valence electrons. The summed E-state index contributed by atoms with van der Waals surface area (Å²) in [4.78, 5) is 11.9. The highest BCUT2D eigenvalue weighted by Gasteiger charge is 2.30. The van der Waals surface area contributed by atoms with Crippen molar-refractivity contribution < 1.29 is 9.90 Å². The largest absolute Gasteiger partial charge is 0.388 e. The second-order valence-electron chi connectivity index (χ2n) is 4.50. The van der Waals surface area contributed by atoms with Gasteiger partial charge in [0.1, 0.15) is 0 Å². The molecule has 1 aromatic carbocycles. The summed E-state index contributed by atoms with van der Waals surface area (Å²) in [5.74, 6) is 1.66. The molecule has 3 nitrogen and oxygen atoms in total. The number of aliphatic hydroxyl groups is 1. The SMILES string of the molecule is O=C(NCC1(O)CCSCC1)c1ccccc1Cl. The van der Waals surface area contributed by atoms with Crippen LogP contribution in [-0.2, 0) is 0 Å². The minimum absolute atomic E-state index is 0.229. The molecule has 1 saturated heterocycles. The maximum atomic E-state index is 11.9. The normalized spacial score (nSPS) is 18.3. The minimum Gasteiger partial charge on any atom is -0.388 e. The number of carbonyl (C=O) groups is 1. The molecule has 2 N–H and O–H groups in total. The zero-order valence-corrected chi connectivity index (χ0v) is 11.6. The van der Waals surface area contributed by atoms with Crippen LogP contribution in [0.5, 0.6) is 0 Å². The molecule has 0 atom stereocenters. The van der Waals surface area contributed by atoms with Crippen LogP contribution in [0.2, 0.25) is 5.02 Å². The summed E-state index contributed by atoms with van der Waals surface area (Å²) in [5, 5.41) is 13.5. The average molecular weight is 286 g/mol. The summed E-state index contributed by atoms with van der Waals surface area (Å²) < 4.78 is 0. The maximum Gasteiger partial charge on any atom is 0.252 e. The third-order valence-corrected chi connectivity index (χ3v) is 4.44. The number of thioether (sulfide) groups is 1. The Hall–Kier alpha value is -0.710. The molecule has 1 heterocycles. The van der Waals surface area contributed by atoms with Crippen LogP contribution in [0.15, 0.2) is 24.3 Å². The number of nitrogens with one attached hydrogen (secondary N) is 1. The zero-order chi connectivity index (χ0) is 13.0. The molecule has 0 spiro atoms. The molecular weight excluding hydrogens is 270 g/mol. The van der Waals surface area contributed by atoms with Crippen LogP contribution in [0.3, 0.4) is 0 Å². The van der Waals surface area contributed by atoms with E-state index in [2.05, 4.69) is 5.32 Å². The van der Waals surface area contributed by atoms with E-state index in [-0.39, 0.29) is 12.5 Å². The first-order chi connectivity index (χ1) is 8.61. The molecule has 0 unspecified atom stereocenters. The van der Waals surface area contributed by atoms with Gasteiger partial charge in [0.25, 0.3) is 5.91 Å². The number of hydrogen-bond acceptors (Lipinski definition) is 3. The Balaban J connectivity index is 1.94. The van der Waals surface area contributed by atoms with Gasteiger partial charge in [-0.3, -0.25) is 4.79 Å². The maximum absolute atomic E-state index is 11.9. The van der Waals surface area contributed by atoms with Gasteiger partial charge >= 0.3 is 0 Å². The van der Waals surface area contributed by atoms with Gasteiger partial charge in [0.05, 0.1) is 16.2 Å². The number of halogens is 1. The summed E-state index contributed by atoms with van der Waals surface area (Å²) in [7, 11) is 0. The van der Waals surface area contributed by atoms with Crippen molar-refractivity contribution in [3.63, 3.8) is 0 Å². The Morgan fingerprint density at radius 2 is 2.06 bits per heavy atom. The Morgan fingerprint density at radius 1 is 1.39 bits per heavy atom. The van der Waals surface area contributed by atoms with Crippen LogP contribution in [0.4, 0.5) is 0 Å². The van der Waals surface area contributed by atoms with Gasteiger partial charge in [-0.05, 0) is 36.5 Å². The van der Waals surface area contributed by atoms with Gasteiger partial charge in [0.15, 0.2) is 0 Å². The molecule has 0 aromatic heterocycles. The van der Waals surface area contributed by atoms with Gasteiger partial charge in [-0.2, -0.15) is 11.8 Å². The van der Waals surface area contributed by atoms with Crippen molar-refractivity contribution in [1.82, 2.24) is 5.32 Å². The third-order valence-electron chi connectivity index (χ3n) is 3.12. The fraction of sp³-hybridized carbons (Fsp3) is 0.462. The number of benzene rings is 1. The first kappa shape index (κ1) is 13.7. The van der Waals surface area contributed by atoms with Crippen molar-refractivity contribution in [2.75, 3.05) is 18.1 Å². The number of hydrogen-bond donors (Lipinski definition) is 2. The number of carbonyl (C=O) groups excluding carboxylic acids is 1. The smallest absolute Gasteiger partial charge is 0.252 e. The quantitative estimate of drug-likeness (QED) is 0.896. The highest BCUT2D eigenvalue weighted by atomic mass is 35.5. The zero-order valence-electron chi connectivity index (χ0n) is 9.99. The molecule has 1 aliphatic rings. The second-order valence-corrected chi connectivity index (χ2v) is 6.13. The first-order valence-corrected chi connectivity index (χ1v) is 7.47. The van der Waals surface area contributed by atoms with Crippen LogP contribution in [-0.4, -0.2) is 34.7 Å². The number of rotatable bonds is 3. The fourth-order valence-corrected chi connectivity index (χ4v) is 3.39. The highest BCUT2D eigenvalue weighted by Crippen LogP contribution is 2.26. The molecule has 1 aromatic rings. The van der Waals surface area contributed by atoms with E-state index in [4.69, 9.17) is 11.6 Å². The van der Waals surface area contributed by atoms with Crippen molar-refractivity contribution in [3.8, 4) is 0 Å². The molecule has 1 aliphatic heterocycles. The van der Waals surface area contributed by atoms with Gasteiger partial charge in [-0.1, -0.05) is 23.7 Å². The Kier molecular flexibility index (Phi) is 4.54. The lowest BCUT2D eigenvalue weighted by molar-refractivity contribution is 0.0311. The summed E-state index contributed by atoms with van der Waals surface area (Å²) in [6.07, 6.45) is 1.45. The molecule has 18 heavy (non-hydrogen) atoms. The van der Waals surface area contributed by atoms with Crippen LogP contribution in [0, 0.1) is 0 Å². The molecule has 2 rings (SSSR count). The second kappa shape index (κ2) is 5.95. The molecule has 0 aliphatic carbocycles. The lowest BCUT2D eigenvalue weighted by Crippen LogP contribution is -2.45. The summed E-state index contributed by atoms with van der Waals surface area (Å²) in [6.45, 7) is 0.289. The van der Waals surface area contributed by atoms with Gasteiger partial charge in [-0.25, -0.2) is 0 Å². The van der Waals surface area contributed by atoms with Crippen molar-refractivity contribution >= 4 is 29.3 Å². The van der Waals surface area contributed by atoms with Gasteiger partial charge in [-0.15, -0.1) is 0 Å². The number of amides is 1. The van der Waals surface area contributed by atoms with Gasteiger partial charge in [0, 0.05) is 6.54 Å². The summed E-state index contributed by atoms with van der Waals surface area (Å²) in [6, 6.07) is 6.92.